The molecule has 1 aliphatic heterocycles. The molecular formula is C17H23N3O5. The number of rotatable bonds is 9. The van der Waals surface area contributed by atoms with E-state index < -0.39 is 6.03 Å². The molecule has 4 amide bonds. The van der Waals surface area contributed by atoms with Gasteiger partial charge in [-0.1, -0.05) is 12.1 Å². The predicted octanol–water partition coefficient (Wildman–Crippen LogP) is 0.473. The molecule has 1 N–H and O–H groups in total. The first kappa shape index (κ1) is 18.9. The van der Waals surface area contributed by atoms with Gasteiger partial charge in [-0.2, -0.15) is 0 Å². The lowest BCUT2D eigenvalue weighted by atomic mass is 10.1. The van der Waals surface area contributed by atoms with Crippen LogP contribution in [0.25, 0.3) is 0 Å². The largest absolute Gasteiger partial charge is 0.383 e. The second-order valence-corrected chi connectivity index (χ2v) is 5.61. The van der Waals surface area contributed by atoms with Crippen molar-refractivity contribution in [1.29, 1.82) is 0 Å². The minimum Gasteiger partial charge on any atom is -0.383 e. The van der Waals surface area contributed by atoms with Crippen LogP contribution in [-0.2, 0) is 20.8 Å². The number of nitrogens with zero attached hydrogens (tertiary/aromatic N) is 2. The Morgan fingerprint density at radius 1 is 1.12 bits per heavy atom. The molecule has 1 aromatic rings. The third-order valence-electron chi connectivity index (χ3n) is 3.90. The average molecular weight is 349 g/mol. The van der Waals surface area contributed by atoms with E-state index in [1.54, 1.807) is 43.4 Å². The van der Waals surface area contributed by atoms with Crippen LogP contribution >= 0.6 is 0 Å². The van der Waals surface area contributed by atoms with Gasteiger partial charge in [0.05, 0.1) is 26.3 Å². The Kier molecular flexibility index (Phi) is 6.91. The molecule has 1 fully saturated rings. The number of methoxy groups -OCH3 is 2. The highest BCUT2D eigenvalue weighted by Crippen LogP contribution is 2.12. The van der Waals surface area contributed by atoms with Crippen molar-refractivity contribution in [2.45, 2.75) is 6.54 Å². The molecule has 0 aromatic heterocycles. The standard InChI is InChI=1S/C17H23N3O5/c1-24-9-7-19(8-10-25-2)16(22)14-5-3-13(4-6-14)12-20-15(21)11-18-17(20)23/h3-6H,7-12H2,1-2H3,(H,18,23). The van der Waals surface area contributed by atoms with Crippen molar-refractivity contribution in [3.63, 3.8) is 0 Å². The molecule has 0 aliphatic carbocycles. The van der Waals surface area contributed by atoms with E-state index in [0.717, 1.165) is 10.5 Å². The molecule has 1 saturated heterocycles. The number of hydrogen-bond donors (Lipinski definition) is 1. The smallest absolute Gasteiger partial charge is 0.324 e. The molecule has 8 nitrogen and oxygen atoms in total. The third-order valence-corrected chi connectivity index (χ3v) is 3.90. The van der Waals surface area contributed by atoms with Crippen LogP contribution in [0.15, 0.2) is 24.3 Å². The maximum Gasteiger partial charge on any atom is 0.324 e. The molecule has 0 atom stereocenters. The van der Waals surface area contributed by atoms with Gasteiger partial charge in [0.1, 0.15) is 0 Å². The Bertz CT molecular complexity index is 593. The van der Waals surface area contributed by atoms with E-state index in [4.69, 9.17) is 9.47 Å². The van der Waals surface area contributed by atoms with Crippen molar-refractivity contribution in [2.24, 2.45) is 0 Å². The van der Waals surface area contributed by atoms with Crippen molar-refractivity contribution >= 4 is 17.8 Å². The van der Waals surface area contributed by atoms with Gasteiger partial charge in [-0.25, -0.2) is 4.79 Å². The van der Waals surface area contributed by atoms with E-state index in [1.165, 1.54) is 0 Å². The lowest BCUT2D eigenvalue weighted by Gasteiger charge is -2.22. The molecule has 1 aliphatic rings. The van der Waals surface area contributed by atoms with Crippen LogP contribution in [0.4, 0.5) is 4.79 Å². The molecule has 1 aromatic carbocycles. The number of carbonyl (C=O) groups excluding carboxylic acids is 3. The molecule has 2 rings (SSSR count). The Balaban J connectivity index is 2.02. The molecule has 136 valence electrons. The highest BCUT2D eigenvalue weighted by atomic mass is 16.5. The van der Waals surface area contributed by atoms with Gasteiger partial charge in [-0.15, -0.1) is 0 Å². The topological polar surface area (TPSA) is 88.2 Å². The summed E-state index contributed by atoms with van der Waals surface area (Å²) in [5.74, 6) is -0.369. The van der Waals surface area contributed by atoms with Crippen LogP contribution < -0.4 is 5.32 Å². The molecule has 25 heavy (non-hydrogen) atoms. The second-order valence-electron chi connectivity index (χ2n) is 5.61. The Morgan fingerprint density at radius 3 is 2.20 bits per heavy atom. The summed E-state index contributed by atoms with van der Waals surface area (Å²) in [6, 6.07) is 6.50. The van der Waals surface area contributed by atoms with Crippen molar-refractivity contribution in [3.05, 3.63) is 35.4 Å². The third kappa shape index (κ3) is 5.01. The zero-order valence-electron chi connectivity index (χ0n) is 14.5. The van der Waals surface area contributed by atoms with E-state index in [9.17, 15) is 14.4 Å². The van der Waals surface area contributed by atoms with E-state index in [2.05, 4.69) is 5.32 Å². The summed E-state index contributed by atoms with van der Waals surface area (Å²) in [6.45, 7) is 2.06. The summed E-state index contributed by atoms with van der Waals surface area (Å²) in [6.07, 6.45) is 0. The summed E-state index contributed by atoms with van der Waals surface area (Å²) in [4.78, 5) is 38.6. The summed E-state index contributed by atoms with van der Waals surface area (Å²) >= 11 is 0. The van der Waals surface area contributed by atoms with Crippen molar-refractivity contribution in [2.75, 3.05) is 47.1 Å². The quantitative estimate of drug-likeness (QED) is 0.655. The molecule has 0 spiro atoms. The molecule has 8 heteroatoms. The first-order chi connectivity index (χ1) is 12.1. The monoisotopic (exact) mass is 349 g/mol. The highest BCUT2D eigenvalue weighted by molar-refractivity contribution is 6.01. The van der Waals surface area contributed by atoms with Gasteiger partial charge >= 0.3 is 6.03 Å². The number of urea groups is 1. The van der Waals surface area contributed by atoms with E-state index >= 15 is 0 Å². The van der Waals surface area contributed by atoms with Gasteiger partial charge in [-0.3, -0.25) is 14.5 Å². The van der Waals surface area contributed by atoms with Crippen molar-refractivity contribution in [1.82, 2.24) is 15.1 Å². The van der Waals surface area contributed by atoms with E-state index in [1.807, 2.05) is 0 Å². The first-order valence-electron chi connectivity index (χ1n) is 8.01. The molecular weight excluding hydrogens is 326 g/mol. The number of ether oxygens (including phenoxy) is 2. The maximum absolute atomic E-state index is 12.6. The fourth-order valence-electron chi connectivity index (χ4n) is 2.45. The first-order valence-corrected chi connectivity index (χ1v) is 8.01. The van der Waals surface area contributed by atoms with Gasteiger partial charge in [0.15, 0.2) is 0 Å². The second kappa shape index (κ2) is 9.14. The fourth-order valence-corrected chi connectivity index (χ4v) is 2.45. The zero-order chi connectivity index (χ0) is 18.2. The van der Waals surface area contributed by atoms with Crippen LogP contribution in [0.3, 0.4) is 0 Å². The minimum absolute atomic E-state index is 0.0311. The number of carbonyl (C=O) groups is 3. The summed E-state index contributed by atoms with van der Waals surface area (Å²) in [7, 11) is 3.17. The lowest BCUT2D eigenvalue weighted by molar-refractivity contribution is -0.125. The number of amides is 4. The van der Waals surface area contributed by atoms with Crippen LogP contribution in [0.2, 0.25) is 0 Å². The Labute approximate surface area is 146 Å². The number of nitrogens with one attached hydrogen (secondary N) is 1. The molecule has 0 unspecified atom stereocenters. The van der Waals surface area contributed by atoms with Crippen molar-refractivity contribution < 1.29 is 23.9 Å². The highest BCUT2D eigenvalue weighted by Gasteiger charge is 2.28. The van der Waals surface area contributed by atoms with Crippen LogP contribution in [0, 0.1) is 0 Å². The summed E-state index contributed by atoms with van der Waals surface area (Å²) in [5.41, 5.74) is 1.32. The predicted molar refractivity (Wildman–Crippen MR) is 90.0 cm³/mol. The molecule has 0 bridgehead atoms. The molecule has 1 heterocycles. The number of hydrogen-bond acceptors (Lipinski definition) is 5. The van der Waals surface area contributed by atoms with Gasteiger partial charge in [0.25, 0.3) is 5.91 Å². The summed E-state index contributed by atoms with van der Waals surface area (Å²) < 4.78 is 10.1. The van der Waals surface area contributed by atoms with Crippen LogP contribution in [0.1, 0.15) is 15.9 Å². The SMILES string of the molecule is COCCN(CCOC)C(=O)c1ccc(CN2C(=O)CNC2=O)cc1. The molecule has 0 saturated carbocycles. The Hall–Kier alpha value is -2.45. The van der Waals surface area contributed by atoms with Gasteiger partial charge in [0.2, 0.25) is 5.91 Å². The maximum atomic E-state index is 12.6. The fraction of sp³-hybridized carbons (Fsp3) is 0.471. The van der Waals surface area contributed by atoms with Gasteiger partial charge in [0, 0.05) is 32.9 Å². The zero-order valence-corrected chi connectivity index (χ0v) is 14.5. The van der Waals surface area contributed by atoms with E-state index in [-0.39, 0.29) is 24.9 Å². The molecule has 0 radical (unpaired) electrons. The van der Waals surface area contributed by atoms with Crippen LogP contribution in [-0.4, -0.2) is 74.7 Å². The average Bonchev–Trinajstić information content (AvgIpc) is 2.94. The summed E-state index contributed by atoms with van der Waals surface area (Å²) in [5, 5.41) is 2.48. The van der Waals surface area contributed by atoms with Crippen molar-refractivity contribution in [3.8, 4) is 0 Å². The number of imide groups is 1. The number of benzene rings is 1. The van der Waals surface area contributed by atoms with E-state index in [0.29, 0.717) is 31.9 Å². The lowest BCUT2D eigenvalue weighted by Crippen LogP contribution is -2.36. The minimum atomic E-state index is -0.393. The van der Waals surface area contributed by atoms with Gasteiger partial charge < -0.3 is 19.7 Å². The van der Waals surface area contributed by atoms with Gasteiger partial charge in [-0.05, 0) is 17.7 Å². The Morgan fingerprint density at radius 2 is 1.72 bits per heavy atom. The van der Waals surface area contributed by atoms with Crippen LogP contribution in [0.5, 0.6) is 0 Å². The normalized spacial score (nSPS) is 13.9.